The van der Waals surface area contributed by atoms with E-state index in [-0.39, 0.29) is 11.8 Å². The molecule has 0 heterocycles. The van der Waals surface area contributed by atoms with Crippen molar-refractivity contribution in [1.82, 2.24) is 5.32 Å². The topological polar surface area (TPSA) is 73.1 Å². The molecule has 1 atom stereocenters. The van der Waals surface area contributed by atoms with Crippen LogP contribution in [0.15, 0.2) is 29.2 Å². The Morgan fingerprint density at radius 2 is 2.25 bits per heavy atom. The third kappa shape index (κ3) is 5.64. The van der Waals surface area contributed by atoms with Crippen molar-refractivity contribution in [2.75, 3.05) is 12.3 Å². The first kappa shape index (κ1) is 16.5. The lowest BCUT2D eigenvalue weighted by Gasteiger charge is -2.14. The van der Waals surface area contributed by atoms with Gasteiger partial charge in [0.1, 0.15) is 0 Å². The van der Waals surface area contributed by atoms with E-state index >= 15 is 0 Å². The number of nitriles is 1. The molecule has 5 heteroatoms. The van der Waals surface area contributed by atoms with Gasteiger partial charge in [0.25, 0.3) is 5.91 Å². The molecule has 108 valence electrons. The summed E-state index contributed by atoms with van der Waals surface area (Å²) in [6, 6.07) is 9.25. The Bertz CT molecular complexity index is 483. The van der Waals surface area contributed by atoms with E-state index in [4.69, 9.17) is 5.26 Å². The quantitative estimate of drug-likeness (QED) is 0.757. The monoisotopic (exact) mass is 292 g/mol. The first-order valence-corrected chi connectivity index (χ1v) is 7.59. The van der Waals surface area contributed by atoms with Crippen LogP contribution in [-0.2, 0) is 0 Å². The molecule has 0 aliphatic heterocycles. The van der Waals surface area contributed by atoms with Gasteiger partial charge in [-0.25, -0.2) is 0 Å². The zero-order valence-electron chi connectivity index (χ0n) is 11.8. The van der Waals surface area contributed by atoms with Crippen molar-refractivity contribution >= 4 is 17.7 Å². The molecule has 1 rings (SSSR count). The summed E-state index contributed by atoms with van der Waals surface area (Å²) < 4.78 is 0. The smallest absolute Gasteiger partial charge is 0.251 e. The molecule has 0 aliphatic rings. The highest BCUT2D eigenvalue weighted by atomic mass is 32.2. The number of rotatable bonds is 7. The number of benzene rings is 1. The van der Waals surface area contributed by atoms with Crippen molar-refractivity contribution in [3.8, 4) is 6.07 Å². The Morgan fingerprint density at radius 3 is 2.90 bits per heavy atom. The summed E-state index contributed by atoms with van der Waals surface area (Å²) in [6.07, 6.45) is 0.152. The minimum Gasteiger partial charge on any atom is -0.393 e. The molecule has 0 bridgehead atoms. The van der Waals surface area contributed by atoms with Crippen LogP contribution in [0, 0.1) is 17.2 Å². The predicted octanol–water partition coefficient (Wildman–Crippen LogP) is 2.44. The fourth-order valence-electron chi connectivity index (χ4n) is 1.61. The van der Waals surface area contributed by atoms with Crippen molar-refractivity contribution in [3.05, 3.63) is 29.8 Å². The summed E-state index contributed by atoms with van der Waals surface area (Å²) in [5.41, 5.74) is 0.576. The van der Waals surface area contributed by atoms with E-state index in [0.717, 1.165) is 4.90 Å². The first-order chi connectivity index (χ1) is 9.54. The number of nitrogens with zero attached hydrogens (tertiary/aromatic N) is 1. The van der Waals surface area contributed by atoms with E-state index in [0.29, 0.717) is 24.3 Å². The van der Waals surface area contributed by atoms with E-state index < -0.39 is 6.10 Å². The van der Waals surface area contributed by atoms with Crippen molar-refractivity contribution < 1.29 is 9.90 Å². The lowest BCUT2D eigenvalue weighted by atomic mass is 10.0. The minimum absolute atomic E-state index is 0.152. The molecule has 0 fully saturated rings. The van der Waals surface area contributed by atoms with Crippen molar-refractivity contribution in [1.29, 1.82) is 5.26 Å². The third-order valence-electron chi connectivity index (χ3n) is 2.89. The Hall–Kier alpha value is -1.51. The summed E-state index contributed by atoms with van der Waals surface area (Å²) in [6.45, 7) is 4.35. The van der Waals surface area contributed by atoms with Crippen LogP contribution in [0.25, 0.3) is 0 Å². The van der Waals surface area contributed by atoms with Gasteiger partial charge in [-0.15, -0.1) is 11.8 Å². The highest BCUT2D eigenvalue weighted by Crippen LogP contribution is 2.18. The molecule has 20 heavy (non-hydrogen) atoms. The number of thioether (sulfide) groups is 1. The number of aliphatic hydroxyl groups is 1. The molecular formula is C15H20N2O2S. The highest BCUT2D eigenvalue weighted by molar-refractivity contribution is 7.99. The standard InChI is InChI=1S/C15H20N2O2S/c1-11(2)14(18)6-8-17-15(19)12-4-3-5-13(10-12)20-9-7-16/h3-5,10-11,14,18H,6,8-9H2,1-2H3,(H,17,19). The van der Waals surface area contributed by atoms with Crippen molar-refractivity contribution in [2.45, 2.75) is 31.3 Å². The van der Waals surface area contributed by atoms with Gasteiger partial charge in [0, 0.05) is 17.0 Å². The Labute approximate surface area is 124 Å². The molecule has 0 radical (unpaired) electrons. The molecule has 2 N–H and O–H groups in total. The largest absolute Gasteiger partial charge is 0.393 e. The molecule has 0 saturated carbocycles. The van der Waals surface area contributed by atoms with E-state index in [1.807, 2.05) is 19.9 Å². The zero-order chi connectivity index (χ0) is 15.0. The molecule has 1 unspecified atom stereocenters. The summed E-state index contributed by atoms with van der Waals surface area (Å²) in [7, 11) is 0. The van der Waals surface area contributed by atoms with Crippen LogP contribution in [0.1, 0.15) is 30.6 Å². The van der Waals surface area contributed by atoms with E-state index in [1.54, 1.807) is 18.2 Å². The molecule has 1 aromatic carbocycles. The van der Waals surface area contributed by atoms with Crippen LogP contribution in [-0.4, -0.2) is 29.4 Å². The van der Waals surface area contributed by atoms with Crippen LogP contribution < -0.4 is 5.32 Å². The van der Waals surface area contributed by atoms with Gasteiger partial charge >= 0.3 is 0 Å². The van der Waals surface area contributed by atoms with E-state index in [1.165, 1.54) is 11.8 Å². The molecular weight excluding hydrogens is 272 g/mol. The van der Waals surface area contributed by atoms with Gasteiger partial charge in [0.15, 0.2) is 0 Å². The minimum atomic E-state index is -0.396. The highest BCUT2D eigenvalue weighted by Gasteiger charge is 2.10. The third-order valence-corrected chi connectivity index (χ3v) is 3.76. The number of aliphatic hydroxyl groups excluding tert-OH is 1. The molecule has 0 saturated heterocycles. The second-order valence-corrected chi connectivity index (χ2v) is 5.88. The molecule has 0 aliphatic carbocycles. The lowest BCUT2D eigenvalue weighted by Crippen LogP contribution is -2.28. The van der Waals surface area contributed by atoms with Crippen LogP contribution in [0.3, 0.4) is 0 Å². The molecule has 0 spiro atoms. The fraction of sp³-hybridized carbons (Fsp3) is 0.467. The first-order valence-electron chi connectivity index (χ1n) is 6.60. The second kappa shape index (κ2) is 8.62. The Kier molecular flexibility index (Phi) is 7.13. The van der Waals surface area contributed by atoms with E-state index in [9.17, 15) is 9.90 Å². The Balaban J connectivity index is 2.49. The number of amides is 1. The number of hydrogen-bond acceptors (Lipinski definition) is 4. The normalized spacial score (nSPS) is 11.9. The molecule has 0 aromatic heterocycles. The van der Waals surface area contributed by atoms with Gasteiger partial charge in [0.05, 0.1) is 17.9 Å². The number of nitrogens with one attached hydrogen (secondary N) is 1. The number of hydrogen-bond donors (Lipinski definition) is 2. The van der Waals surface area contributed by atoms with Gasteiger partial charge in [0.2, 0.25) is 0 Å². The van der Waals surface area contributed by atoms with Crippen molar-refractivity contribution in [2.24, 2.45) is 5.92 Å². The Morgan fingerprint density at radius 1 is 1.50 bits per heavy atom. The maximum atomic E-state index is 12.0. The maximum Gasteiger partial charge on any atom is 0.251 e. The average molecular weight is 292 g/mol. The van der Waals surface area contributed by atoms with Crippen molar-refractivity contribution in [3.63, 3.8) is 0 Å². The van der Waals surface area contributed by atoms with Crippen LogP contribution in [0.2, 0.25) is 0 Å². The summed E-state index contributed by atoms with van der Waals surface area (Å²) in [4.78, 5) is 12.9. The van der Waals surface area contributed by atoms with E-state index in [2.05, 4.69) is 11.4 Å². The van der Waals surface area contributed by atoms with Crippen LogP contribution in [0.4, 0.5) is 0 Å². The maximum absolute atomic E-state index is 12.0. The SMILES string of the molecule is CC(C)C(O)CCNC(=O)c1cccc(SCC#N)c1. The predicted molar refractivity (Wildman–Crippen MR) is 80.6 cm³/mol. The van der Waals surface area contributed by atoms with Gasteiger partial charge in [-0.3, -0.25) is 4.79 Å². The van der Waals surface area contributed by atoms with Gasteiger partial charge < -0.3 is 10.4 Å². The summed E-state index contributed by atoms with van der Waals surface area (Å²) in [5, 5.41) is 21.0. The molecule has 1 aromatic rings. The van der Waals surface area contributed by atoms with Gasteiger partial charge in [-0.1, -0.05) is 19.9 Å². The fourth-order valence-corrected chi connectivity index (χ4v) is 2.23. The van der Waals surface area contributed by atoms with Crippen LogP contribution >= 0.6 is 11.8 Å². The average Bonchev–Trinajstić information content (AvgIpc) is 2.45. The van der Waals surface area contributed by atoms with Gasteiger partial charge in [-0.05, 0) is 30.5 Å². The summed E-state index contributed by atoms with van der Waals surface area (Å²) in [5.74, 6) is 0.407. The molecule has 4 nitrogen and oxygen atoms in total. The number of carbonyl (C=O) groups is 1. The second-order valence-electron chi connectivity index (χ2n) is 4.83. The summed E-state index contributed by atoms with van der Waals surface area (Å²) >= 11 is 1.40. The zero-order valence-corrected chi connectivity index (χ0v) is 12.6. The lowest BCUT2D eigenvalue weighted by molar-refractivity contribution is 0.0920. The van der Waals surface area contributed by atoms with Crippen LogP contribution in [0.5, 0.6) is 0 Å². The molecule has 1 amide bonds. The number of carbonyl (C=O) groups excluding carboxylic acids is 1. The van der Waals surface area contributed by atoms with Gasteiger partial charge in [-0.2, -0.15) is 5.26 Å².